The number of nitrogens with one attached hydrogen (secondary N) is 1. The standard InChI is InChI=1S/C31H35N3O3/c1-30(2,3)21-31(4,5)33-29-28(32-26-14-10-11-19-34(26)29)23-16-17-24(25(20-23)36-6)37-27(35)18-15-22-12-8-7-9-13-22/h7-20,33H,21H2,1-6H3. The third-order valence-electron chi connectivity index (χ3n) is 5.82. The van der Waals surface area contributed by atoms with E-state index in [9.17, 15) is 4.79 Å². The molecule has 0 amide bonds. The lowest BCUT2D eigenvalue weighted by Crippen LogP contribution is -2.36. The maximum Gasteiger partial charge on any atom is 0.336 e. The Balaban J connectivity index is 1.65. The number of carbonyl (C=O) groups excluding carboxylic acids is 1. The molecule has 2 aromatic carbocycles. The first-order chi connectivity index (χ1) is 17.5. The Morgan fingerprint density at radius 3 is 2.41 bits per heavy atom. The van der Waals surface area contributed by atoms with E-state index in [1.807, 2.05) is 66.9 Å². The Morgan fingerprint density at radius 2 is 1.70 bits per heavy atom. The molecule has 6 nitrogen and oxygen atoms in total. The lowest BCUT2D eigenvalue weighted by molar-refractivity contribution is -0.129. The molecule has 0 spiro atoms. The normalized spacial score (nSPS) is 12.2. The van der Waals surface area contributed by atoms with E-state index in [1.165, 1.54) is 6.08 Å². The van der Waals surface area contributed by atoms with Crippen molar-refractivity contribution in [3.8, 4) is 22.8 Å². The van der Waals surface area contributed by atoms with E-state index in [-0.39, 0.29) is 11.0 Å². The van der Waals surface area contributed by atoms with E-state index in [4.69, 9.17) is 14.5 Å². The molecule has 192 valence electrons. The van der Waals surface area contributed by atoms with Gasteiger partial charge >= 0.3 is 5.97 Å². The fourth-order valence-corrected chi connectivity index (χ4v) is 4.78. The largest absolute Gasteiger partial charge is 0.493 e. The Kier molecular flexibility index (Phi) is 7.39. The van der Waals surface area contributed by atoms with Gasteiger partial charge in [-0.15, -0.1) is 0 Å². The summed E-state index contributed by atoms with van der Waals surface area (Å²) in [5.74, 6) is 1.23. The molecule has 1 N–H and O–H groups in total. The van der Waals surface area contributed by atoms with Crippen molar-refractivity contribution in [1.82, 2.24) is 9.38 Å². The van der Waals surface area contributed by atoms with Gasteiger partial charge in [-0.1, -0.05) is 57.2 Å². The number of hydrogen-bond acceptors (Lipinski definition) is 5. The molecule has 0 bridgehead atoms. The van der Waals surface area contributed by atoms with Crippen LogP contribution in [0, 0.1) is 5.41 Å². The second-order valence-corrected chi connectivity index (χ2v) is 11.0. The average Bonchev–Trinajstić information content (AvgIpc) is 3.20. The van der Waals surface area contributed by atoms with E-state index in [0.29, 0.717) is 11.5 Å². The molecule has 0 aliphatic carbocycles. The SMILES string of the molecule is COc1cc(-c2nc3ccccn3c2NC(C)(C)CC(C)(C)C)ccc1OC(=O)C=Cc1ccccc1. The van der Waals surface area contributed by atoms with Gasteiger partial charge in [-0.3, -0.25) is 4.40 Å². The molecule has 6 heteroatoms. The van der Waals surface area contributed by atoms with Gasteiger partial charge in [-0.05, 0) is 67.7 Å². The molecule has 0 unspecified atom stereocenters. The van der Waals surface area contributed by atoms with E-state index in [2.05, 4.69) is 44.3 Å². The van der Waals surface area contributed by atoms with Gasteiger partial charge in [-0.25, -0.2) is 9.78 Å². The number of ether oxygens (including phenoxy) is 2. The summed E-state index contributed by atoms with van der Waals surface area (Å²) in [7, 11) is 1.56. The van der Waals surface area contributed by atoms with E-state index < -0.39 is 5.97 Å². The zero-order valence-corrected chi connectivity index (χ0v) is 22.4. The van der Waals surface area contributed by atoms with Crippen LogP contribution in [0.2, 0.25) is 0 Å². The molecule has 2 aromatic heterocycles. The smallest absolute Gasteiger partial charge is 0.336 e. The zero-order chi connectivity index (χ0) is 26.6. The molecule has 0 aliphatic rings. The van der Waals surface area contributed by atoms with Crippen molar-refractivity contribution in [1.29, 1.82) is 0 Å². The summed E-state index contributed by atoms with van der Waals surface area (Å²) in [6.07, 6.45) is 6.10. The van der Waals surface area contributed by atoms with Crippen molar-refractivity contribution in [2.24, 2.45) is 5.41 Å². The maximum absolute atomic E-state index is 12.5. The third kappa shape index (κ3) is 6.58. The molecular formula is C31H35N3O3. The second-order valence-electron chi connectivity index (χ2n) is 11.0. The molecular weight excluding hydrogens is 462 g/mol. The summed E-state index contributed by atoms with van der Waals surface area (Å²) in [4.78, 5) is 17.4. The molecule has 2 heterocycles. The molecule has 0 aliphatic heterocycles. The van der Waals surface area contributed by atoms with Gasteiger partial charge in [0.25, 0.3) is 0 Å². The van der Waals surface area contributed by atoms with Crippen molar-refractivity contribution in [3.63, 3.8) is 0 Å². The van der Waals surface area contributed by atoms with Crippen molar-refractivity contribution >= 4 is 23.5 Å². The van der Waals surface area contributed by atoms with E-state index >= 15 is 0 Å². The summed E-state index contributed by atoms with van der Waals surface area (Å²) < 4.78 is 13.2. The van der Waals surface area contributed by atoms with Crippen molar-refractivity contribution in [2.75, 3.05) is 12.4 Å². The first kappa shape index (κ1) is 26.0. The first-order valence-corrected chi connectivity index (χ1v) is 12.4. The van der Waals surface area contributed by atoms with Crippen LogP contribution >= 0.6 is 0 Å². The number of hydrogen-bond donors (Lipinski definition) is 1. The van der Waals surface area contributed by atoms with Crippen LogP contribution < -0.4 is 14.8 Å². The van der Waals surface area contributed by atoms with Crippen LogP contribution in [-0.4, -0.2) is 28.0 Å². The van der Waals surface area contributed by atoms with Crippen LogP contribution in [-0.2, 0) is 4.79 Å². The van der Waals surface area contributed by atoms with Gasteiger partial charge in [-0.2, -0.15) is 0 Å². The number of benzene rings is 2. The lowest BCUT2D eigenvalue weighted by atomic mass is 9.82. The highest BCUT2D eigenvalue weighted by Gasteiger charge is 2.28. The van der Waals surface area contributed by atoms with Crippen LogP contribution in [0.15, 0.2) is 79.0 Å². The number of anilines is 1. The third-order valence-corrected chi connectivity index (χ3v) is 5.82. The highest BCUT2D eigenvalue weighted by Crippen LogP contribution is 2.38. The number of carbonyl (C=O) groups is 1. The minimum absolute atomic E-state index is 0.154. The monoisotopic (exact) mass is 497 g/mol. The predicted molar refractivity (Wildman–Crippen MR) is 150 cm³/mol. The molecule has 0 radical (unpaired) electrons. The highest BCUT2D eigenvalue weighted by molar-refractivity contribution is 5.89. The topological polar surface area (TPSA) is 64.9 Å². The summed E-state index contributed by atoms with van der Waals surface area (Å²) >= 11 is 0. The maximum atomic E-state index is 12.5. The average molecular weight is 498 g/mol. The number of imidazole rings is 1. The number of rotatable bonds is 8. The number of methoxy groups -OCH3 is 1. The molecule has 0 saturated heterocycles. The van der Waals surface area contributed by atoms with E-state index in [1.54, 1.807) is 19.3 Å². The Labute approximate surface area is 219 Å². The minimum Gasteiger partial charge on any atom is -0.493 e. The van der Waals surface area contributed by atoms with Crippen molar-refractivity contribution < 1.29 is 14.3 Å². The Morgan fingerprint density at radius 1 is 0.973 bits per heavy atom. The van der Waals surface area contributed by atoms with E-state index in [0.717, 1.165) is 34.7 Å². The van der Waals surface area contributed by atoms with Gasteiger partial charge in [0.15, 0.2) is 11.5 Å². The van der Waals surface area contributed by atoms with Gasteiger partial charge in [0.2, 0.25) is 0 Å². The summed E-state index contributed by atoms with van der Waals surface area (Å²) in [5.41, 5.74) is 3.39. The van der Waals surface area contributed by atoms with Crippen LogP contribution in [0.1, 0.15) is 46.6 Å². The zero-order valence-electron chi connectivity index (χ0n) is 22.4. The molecule has 0 saturated carbocycles. The van der Waals surface area contributed by atoms with Crippen LogP contribution in [0.25, 0.3) is 23.0 Å². The number of pyridine rings is 1. The van der Waals surface area contributed by atoms with Crippen LogP contribution in [0.3, 0.4) is 0 Å². The molecule has 0 fully saturated rings. The number of aromatic nitrogens is 2. The molecule has 4 aromatic rings. The fraction of sp³-hybridized carbons (Fsp3) is 0.290. The predicted octanol–water partition coefficient (Wildman–Crippen LogP) is 7.26. The second kappa shape index (κ2) is 10.5. The van der Waals surface area contributed by atoms with Gasteiger partial charge < -0.3 is 14.8 Å². The minimum atomic E-state index is -0.478. The first-order valence-electron chi connectivity index (χ1n) is 12.4. The van der Waals surface area contributed by atoms with Gasteiger partial charge in [0, 0.05) is 23.4 Å². The van der Waals surface area contributed by atoms with Crippen LogP contribution in [0.5, 0.6) is 11.5 Å². The highest BCUT2D eigenvalue weighted by atomic mass is 16.6. The summed E-state index contributed by atoms with van der Waals surface area (Å²) in [6.45, 7) is 11.1. The molecule has 37 heavy (non-hydrogen) atoms. The molecule has 4 rings (SSSR count). The van der Waals surface area contributed by atoms with Crippen molar-refractivity contribution in [2.45, 2.75) is 46.6 Å². The van der Waals surface area contributed by atoms with Crippen molar-refractivity contribution in [3.05, 3.63) is 84.6 Å². The van der Waals surface area contributed by atoms with Gasteiger partial charge in [0.05, 0.1) is 7.11 Å². The summed E-state index contributed by atoms with van der Waals surface area (Å²) in [5, 5.41) is 3.75. The van der Waals surface area contributed by atoms with Gasteiger partial charge in [0.1, 0.15) is 17.2 Å². The number of esters is 1. The Bertz CT molecular complexity index is 1410. The lowest BCUT2D eigenvalue weighted by Gasteiger charge is -2.34. The quantitative estimate of drug-likeness (QED) is 0.158. The van der Waals surface area contributed by atoms with Crippen LogP contribution in [0.4, 0.5) is 5.82 Å². The summed E-state index contributed by atoms with van der Waals surface area (Å²) in [6, 6.07) is 21.0. The Hall–Kier alpha value is -4.06. The molecule has 0 atom stereocenters. The number of fused-ring (bicyclic) bond motifs is 1. The fourth-order valence-electron chi connectivity index (χ4n) is 4.78. The number of nitrogens with zero attached hydrogens (tertiary/aromatic N) is 2.